The highest BCUT2D eigenvalue weighted by Gasteiger charge is 2.47. The standard InChI is InChI=1S/C13H19F3N4O/c1-9(21)20-8-11(3-4-12(20)13(14,15)16)17-7-10-5-6-19(2)18-10/h5-6,11-12,17H,3-4,7-8H2,1-2H3. The van der Waals surface area contributed by atoms with Crippen LogP contribution >= 0.6 is 0 Å². The van der Waals surface area contributed by atoms with Crippen LogP contribution in [0.15, 0.2) is 12.3 Å². The van der Waals surface area contributed by atoms with E-state index in [1.54, 1.807) is 17.9 Å². The van der Waals surface area contributed by atoms with Crippen molar-refractivity contribution < 1.29 is 18.0 Å². The van der Waals surface area contributed by atoms with E-state index in [0.29, 0.717) is 13.0 Å². The van der Waals surface area contributed by atoms with Crippen LogP contribution in [0.3, 0.4) is 0 Å². The normalized spacial score (nSPS) is 23.4. The largest absolute Gasteiger partial charge is 0.408 e. The summed E-state index contributed by atoms with van der Waals surface area (Å²) in [5.74, 6) is -0.540. The van der Waals surface area contributed by atoms with Crippen LogP contribution in [0.5, 0.6) is 0 Å². The van der Waals surface area contributed by atoms with Gasteiger partial charge in [0.05, 0.1) is 5.69 Å². The van der Waals surface area contributed by atoms with Crippen LogP contribution in [0, 0.1) is 0 Å². The molecule has 118 valence electrons. The third-order valence-electron chi connectivity index (χ3n) is 3.70. The predicted molar refractivity (Wildman–Crippen MR) is 70.3 cm³/mol. The highest BCUT2D eigenvalue weighted by molar-refractivity contribution is 5.73. The maximum absolute atomic E-state index is 12.9. The van der Waals surface area contributed by atoms with Crippen molar-refractivity contribution in [2.24, 2.45) is 7.05 Å². The van der Waals surface area contributed by atoms with Crippen LogP contribution in [0.1, 0.15) is 25.5 Å². The third-order valence-corrected chi connectivity index (χ3v) is 3.70. The molecule has 1 N–H and O–H groups in total. The molecule has 0 aliphatic carbocycles. The molecule has 0 spiro atoms. The summed E-state index contributed by atoms with van der Waals surface area (Å²) in [5.41, 5.74) is 0.824. The molecule has 2 unspecified atom stereocenters. The van der Waals surface area contributed by atoms with E-state index in [0.717, 1.165) is 10.6 Å². The van der Waals surface area contributed by atoms with Crippen molar-refractivity contribution in [3.63, 3.8) is 0 Å². The monoisotopic (exact) mass is 304 g/mol. The summed E-state index contributed by atoms with van der Waals surface area (Å²) >= 11 is 0. The second-order valence-corrected chi connectivity index (χ2v) is 5.36. The molecular weight excluding hydrogens is 285 g/mol. The molecule has 1 aromatic heterocycles. The highest BCUT2D eigenvalue weighted by Crippen LogP contribution is 2.32. The van der Waals surface area contributed by atoms with Crippen LogP contribution in [0.2, 0.25) is 0 Å². The Morgan fingerprint density at radius 3 is 2.71 bits per heavy atom. The number of carbonyl (C=O) groups excluding carboxylic acids is 1. The Morgan fingerprint density at radius 1 is 1.48 bits per heavy atom. The van der Waals surface area contributed by atoms with Gasteiger partial charge in [0.15, 0.2) is 0 Å². The molecule has 2 atom stereocenters. The fourth-order valence-corrected chi connectivity index (χ4v) is 2.63. The van der Waals surface area contributed by atoms with Crippen LogP contribution < -0.4 is 5.32 Å². The van der Waals surface area contributed by atoms with Gasteiger partial charge in [0.1, 0.15) is 6.04 Å². The Kier molecular flexibility index (Phi) is 4.55. The van der Waals surface area contributed by atoms with E-state index in [2.05, 4.69) is 10.4 Å². The highest BCUT2D eigenvalue weighted by atomic mass is 19.4. The number of nitrogens with one attached hydrogen (secondary N) is 1. The van der Waals surface area contributed by atoms with Gasteiger partial charge in [0.25, 0.3) is 0 Å². The second-order valence-electron chi connectivity index (χ2n) is 5.36. The summed E-state index contributed by atoms with van der Waals surface area (Å²) in [6, 6.07) is 0.0364. The lowest BCUT2D eigenvalue weighted by Crippen LogP contribution is -2.57. The zero-order valence-corrected chi connectivity index (χ0v) is 12.0. The van der Waals surface area contributed by atoms with Crippen molar-refractivity contribution in [1.82, 2.24) is 20.0 Å². The van der Waals surface area contributed by atoms with E-state index in [1.807, 2.05) is 6.07 Å². The number of nitrogens with zero attached hydrogens (tertiary/aromatic N) is 3. The SMILES string of the molecule is CC(=O)N1CC(NCc2ccn(C)n2)CCC1C(F)(F)F. The molecule has 1 aliphatic rings. The van der Waals surface area contributed by atoms with Crippen LogP contribution in [-0.4, -0.2) is 45.4 Å². The Morgan fingerprint density at radius 2 is 2.19 bits per heavy atom. The first-order valence-electron chi connectivity index (χ1n) is 6.83. The molecule has 5 nitrogen and oxygen atoms in total. The fourth-order valence-electron chi connectivity index (χ4n) is 2.63. The third kappa shape index (κ3) is 3.96. The van der Waals surface area contributed by atoms with Gasteiger partial charge in [0, 0.05) is 39.3 Å². The Balaban J connectivity index is 1.94. The van der Waals surface area contributed by atoms with Crippen LogP contribution in [0.25, 0.3) is 0 Å². The minimum Gasteiger partial charge on any atom is -0.329 e. The van der Waals surface area contributed by atoms with Gasteiger partial charge in [-0.05, 0) is 18.9 Å². The number of aromatic nitrogens is 2. The Bertz CT molecular complexity index is 500. The molecule has 0 bridgehead atoms. The molecule has 1 amide bonds. The molecule has 1 aliphatic heterocycles. The van der Waals surface area contributed by atoms with Crippen molar-refractivity contribution in [3.05, 3.63) is 18.0 Å². The number of alkyl halides is 3. The minimum atomic E-state index is -4.36. The number of halogens is 3. The molecule has 2 heterocycles. The van der Waals surface area contributed by atoms with Crippen molar-refractivity contribution in [2.45, 2.75) is 44.6 Å². The Hall–Kier alpha value is -1.57. The van der Waals surface area contributed by atoms with Gasteiger partial charge in [-0.1, -0.05) is 0 Å². The van der Waals surface area contributed by atoms with Gasteiger partial charge >= 0.3 is 6.18 Å². The average molecular weight is 304 g/mol. The number of rotatable bonds is 3. The maximum Gasteiger partial charge on any atom is 0.408 e. The van der Waals surface area contributed by atoms with E-state index in [1.165, 1.54) is 6.92 Å². The molecule has 8 heteroatoms. The molecular formula is C13H19F3N4O. The lowest BCUT2D eigenvalue weighted by atomic mass is 9.97. The van der Waals surface area contributed by atoms with Crippen molar-refractivity contribution in [2.75, 3.05) is 6.54 Å². The van der Waals surface area contributed by atoms with Crippen LogP contribution in [0.4, 0.5) is 13.2 Å². The smallest absolute Gasteiger partial charge is 0.329 e. The zero-order chi connectivity index (χ0) is 15.6. The maximum atomic E-state index is 12.9. The number of piperidine rings is 1. The van der Waals surface area contributed by atoms with E-state index in [-0.39, 0.29) is 19.0 Å². The predicted octanol–water partition coefficient (Wildman–Crippen LogP) is 1.45. The number of aryl methyl sites for hydroxylation is 1. The lowest BCUT2D eigenvalue weighted by Gasteiger charge is -2.40. The number of likely N-dealkylation sites (tertiary alicyclic amines) is 1. The van der Waals surface area contributed by atoms with Gasteiger partial charge in [-0.15, -0.1) is 0 Å². The average Bonchev–Trinajstić information content (AvgIpc) is 2.80. The van der Waals surface area contributed by atoms with Crippen molar-refractivity contribution >= 4 is 5.91 Å². The first-order valence-corrected chi connectivity index (χ1v) is 6.83. The van der Waals surface area contributed by atoms with Crippen LogP contribution in [-0.2, 0) is 18.4 Å². The number of hydrogen-bond donors (Lipinski definition) is 1. The molecule has 0 radical (unpaired) electrons. The van der Waals surface area contributed by atoms with E-state index >= 15 is 0 Å². The molecule has 1 saturated heterocycles. The van der Waals surface area contributed by atoms with Gasteiger partial charge in [-0.25, -0.2) is 0 Å². The minimum absolute atomic E-state index is 0.0665. The fraction of sp³-hybridized carbons (Fsp3) is 0.692. The first kappa shape index (κ1) is 15.8. The zero-order valence-electron chi connectivity index (χ0n) is 12.0. The molecule has 0 aromatic carbocycles. The summed E-state index contributed by atoms with van der Waals surface area (Å²) in [7, 11) is 1.80. The summed E-state index contributed by atoms with van der Waals surface area (Å²) < 4.78 is 40.4. The summed E-state index contributed by atoms with van der Waals surface area (Å²) in [4.78, 5) is 12.4. The summed E-state index contributed by atoms with van der Waals surface area (Å²) in [5, 5.41) is 7.37. The molecule has 1 fully saturated rings. The van der Waals surface area contributed by atoms with Crippen molar-refractivity contribution in [3.8, 4) is 0 Å². The Labute approximate surface area is 121 Å². The van der Waals surface area contributed by atoms with Gasteiger partial charge in [0.2, 0.25) is 5.91 Å². The van der Waals surface area contributed by atoms with Crippen molar-refractivity contribution in [1.29, 1.82) is 0 Å². The van der Waals surface area contributed by atoms with E-state index < -0.39 is 18.1 Å². The first-order chi connectivity index (χ1) is 9.77. The van der Waals surface area contributed by atoms with Gasteiger partial charge < -0.3 is 10.2 Å². The molecule has 2 rings (SSSR count). The van der Waals surface area contributed by atoms with Gasteiger partial charge in [-0.3, -0.25) is 9.48 Å². The number of amides is 1. The summed E-state index contributed by atoms with van der Waals surface area (Å²) in [6.45, 7) is 1.74. The molecule has 21 heavy (non-hydrogen) atoms. The second kappa shape index (κ2) is 6.05. The number of carbonyl (C=O) groups is 1. The van der Waals surface area contributed by atoms with Gasteiger partial charge in [-0.2, -0.15) is 18.3 Å². The van der Waals surface area contributed by atoms with E-state index in [4.69, 9.17) is 0 Å². The molecule has 0 saturated carbocycles. The van der Waals surface area contributed by atoms with E-state index in [9.17, 15) is 18.0 Å². The number of hydrogen-bond acceptors (Lipinski definition) is 3. The lowest BCUT2D eigenvalue weighted by molar-refractivity contribution is -0.196. The quantitative estimate of drug-likeness (QED) is 0.919. The molecule has 1 aromatic rings. The topological polar surface area (TPSA) is 50.2 Å². The summed E-state index contributed by atoms with van der Waals surface area (Å²) in [6.07, 6.45) is -2.24.